The van der Waals surface area contributed by atoms with Crippen LogP contribution in [0.3, 0.4) is 0 Å². The summed E-state index contributed by atoms with van der Waals surface area (Å²) in [5, 5.41) is 7.40. The fraction of sp³-hybridized carbons (Fsp3) is 0.333. The van der Waals surface area contributed by atoms with Crippen LogP contribution in [0.15, 0.2) is 35.7 Å². The second-order valence-corrected chi connectivity index (χ2v) is 7.43. The van der Waals surface area contributed by atoms with Crippen molar-refractivity contribution >= 4 is 23.2 Å². The molecule has 0 aliphatic carbocycles. The largest absolute Gasteiger partial charge is 0.350 e. The molecule has 0 spiro atoms. The van der Waals surface area contributed by atoms with Crippen molar-refractivity contribution in [3.8, 4) is 11.1 Å². The number of amides is 2. The van der Waals surface area contributed by atoms with E-state index < -0.39 is 0 Å². The van der Waals surface area contributed by atoms with Crippen molar-refractivity contribution in [2.24, 2.45) is 0 Å². The van der Waals surface area contributed by atoms with Gasteiger partial charge in [-0.3, -0.25) is 9.59 Å². The molecule has 1 aromatic heterocycles. The maximum absolute atomic E-state index is 12.4. The fourth-order valence-corrected chi connectivity index (χ4v) is 2.98. The smallest absolute Gasteiger partial charge is 0.262 e. The Morgan fingerprint density at radius 1 is 1.09 bits per heavy atom. The van der Waals surface area contributed by atoms with E-state index in [0.717, 1.165) is 11.1 Å². The van der Waals surface area contributed by atoms with Gasteiger partial charge < -0.3 is 10.6 Å². The first-order chi connectivity index (χ1) is 10.8. The minimum Gasteiger partial charge on any atom is -0.350 e. The highest BCUT2D eigenvalue weighted by Crippen LogP contribution is 2.28. The van der Waals surface area contributed by atoms with Crippen molar-refractivity contribution in [3.63, 3.8) is 0 Å². The van der Waals surface area contributed by atoms with E-state index in [1.54, 1.807) is 0 Å². The van der Waals surface area contributed by atoms with Crippen LogP contribution in [-0.4, -0.2) is 23.9 Å². The van der Waals surface area contributed by atoms with E-state index in [4.69, 9.17) is 0 Å². The van der Waals surface area contributed by atoms with E-state index >= 15 is 0 Å². The second-order valence-electron chi connectivity index (χ2n) is 6.51. The molecular weight excluding hydrogens is 308 g/mol. The summed E-state index contributed by atoms with van der Waals surface area (Å²) >= 11 is 1.38. The number of hydrogen-bond donors (Lipinski definition) is 2. The number of aryl methyl sites for hydroxylation is 1. The summed E-state index contributed by atoms with van der Waals surface area (Å²) in [6.07, 6.45) is 0. The van der Waals surface area contributed by atoms with Gasteiger partial charge in [-0.05, 0) is 44.7 Å². The quantitative estimate of drug-likeness (QED) is 0.903. The van der Waals surface area contributed by atoms with Crippen LogP contribution in [0, 0.1) is 6.92 Å². The van der Waals surface area contributed by atoms with Crippen molar-refractivity contribution < 1.29 is 9.59 Å². The predicted molar refractivity (Wildman–Crippen MR) is 94.7 cm³/mol. The van der Waals surface area contributed by atoms with Crippen molar-refractivity contribution in [1.82, 2.24) is 10.6 Å². The molecule has 2 amide bonds. The van der Waals surface area contributed by atoms with Crippen LogP contribution in [0.2, 0.25) is 0 Å². The standard InChI is InChI=1S/C18H22N2O2S/c1-12-5-7-13(8-6-12)14-9-10-23-16(14)17(22)19-11-15(21)20-18(2,3)4/h5-10H,11H2,1-4H3,(H,19,22)(H,20,21). The molecule has 1 heterocycles. The zero-order valence-electron chi connectivity index (χ0n) is 13.9. The van der Waals surface area contributed by atoms with Gasteiger partial charge in [0.25, 0.3) is 5.91 Å². The van der Waals surface area contributed by atoms with E-state index in [1.807, 2.05) is 63.4 Å². The number of hydrogen-bond acceptors (Lipinski definition) is 3. The third kappa shape index (κ3) is 4.93. The van der Waals surface area contributed by atoms with E-state index in [-0.39, 0.29) is 23.9 Å². The zero-order chi connectivity index (χ0) is 17.0. The Hall–Kier alpha value is -2.14. The lowest BCUT2D eigenvalue weighted by Gasteiger charge is -2.20. The summed E-state index contributed by atoms with van der Waals surface area (Å²) < 4.78 is 0. The van der Waals surface area contributed by atoms with Crippen LogP contribution >= 0.6 is 11.3 Å². The average molecular weight is 330 g/mol. The van der Waals surface area contributed by atoms with E-state index in [1.165, 1.54) is 16.9 Å². The van der Waals surface area contributed by atoms with Crippen LogP contribution in [0.25, 0.3) is 11.1 Å². The Kier molecular flexibility index (Phi) is 5.21. The molecule has 0 saturated carbocycles. The lowest BCUT2D eigenvalue weighted by molar-refractivity contribution is -0.121. The Labute approximate surface area is 140 Å². The lowest BCUT2D eigenvalue weighted by atomic mass is 10.0. The van der Waals surface area contributed by atoms with Crippen molar-refractivity contribution in [1.29, 1.82) is 0 Å². The molecule has 0 saturated heterocycles. The molecule has 0 aliphatic rings. The van der Waals surface area contributed by atoms with E-state index in [0.29, 0.717) is 4.88 Å². The summed E-state index contributed by atoms with van der Waals surface area (Å²) in [6.45, 7) is 7.71. The summed E-state index contributed by atoms with van der Waals surface area (Å²) in [5.41, 5.74) is 2.76. The summed E-state index contributed by atoms with van der Waals surface area (Å²) in [5.74, 6) is -0.418. The normalized spacial score (nSPS) is 11.1. The van der Waals surface area contributed by atoms with Crippen LogP contribution in [0.1, 0.15) is 36.0 Å². The third-order valence-electron chi connectivity index (χ3n) is 3.16. The van der Waals surface area contributed by atoms with Gasteiger partial charge >= 0.3 is 0 Å². The van der Waals surface area contributed by atoms with E-state index in [2.05, 4.69) is 10.6 Å². The topological polar surface area (TPSA) is 58.2 Å². The molecule has 2 rings (SSSR count). The highest BCUT2D eigenvalue weighted by Gasteiger charge is 2.17. The second kappa shape index (κ2) is 6.96. The van der Waals surface area contributed by atoms with Gasteiger partial charge in [0.15, 0.2) is 0 Å². The fourth-order valence-electron chi connectivity index (χ4n) is 2.15. The summed E-state index contributed by atoms with van der Waals surface area (Å²) in [6, 6.07) is 9.97. The maximum Gasteiger partial charge on any atom is 0.262 e. The minimum atomic E-state index is -0.308. The van der Waals surface area contributed by atoms with Gasteiger partial charge in [0.05, 0.1) is 11.4 Å². The highest BCUT2D eigenvalue weighted by molar-refractivity contribution is 7.12. The number of carbonyl (C=O) groups excluding carboxylic acids is 2. The Morgan fingerprint density at radius 3 is 2.35 bits per heavy atom. The number of rotatable bonds is 4. The molecule has 122 valence electrons. The highest BCUT2D eigenvalue weighted by atomic mass is 32.1. The zero-order valence-corrected chi connectivity index (χ0v) is 14.7. The van der Waals surface area contributed by atoms with Crippen LogP contribution in [0.5, 0.6) is 0 Å². The maximum atomic E-state index is 12.4. The molecule has 0 bridgehead atoms. The number of nitrogens with one attached hydrogen (secondary N) is 2. The van der Waals surface area contributed by atoms with Gasteiger partial charge in [-0.1, -0.05) is 29.8 Å². The molecule has 2 aromatic rings. The Bertz CT molecular complexity index is 697. The summed E-state index contributed by atoms with van der Waals surface area (Å²) in [4.78, 5) is 24.8. The molecule has 0 unspecified atom stereocenters. The molecule has 0 radical (unpaired) electrons. The SMILES string of the molecule is Cc1ccc(-c2ccsc2C(=O)NCC(=O)NC(C)(C)C)cc1. The molecule has 0 fully saturated rings. The average Bonchev–Trinajstić information content (AvgIpc) is 2.93. The molecule has 4 nitrogen and oxygen atoms in total. The molecular formula is C18H22N2O2S. The van der Waals surface area contributed by atoms with Gasteiger partial charge in [-0.2, -0.15) is 0 Å². The predicted octanol–water partition coefficient (Wildman–Crippen LogP) is 3.37. The van der Waals surface area contributed by atoms with Crippen molar-refractivity contribution in [2.45, 2.75) is 33.2 Å². The van der Waals surface area contributed by atoms with Gasteiger partial charge in [-0.25, -0.2) is 0 Å². The Balaban J connectivity index is 2.05. The van der Waals surface area contributed by atoms with Crippen molar-refractivity contribution in [2.75, 3.05) is 6.54 Å². The molecule has 0 aliphatic heterocycles. The molecule has 1 aromatic carbocycles. The number of benzene rings is 1. The van der Waals surface area contributed by atoms with Gasteiger partial charge in [0.1, 0.15) is 0 Å². The lowest BCUT2D eigenvalue weighted by Crippen LogP contribution is -2.45. The van der Waals surface area contributed by atoms with Gasteiger partial charge in [0, 0.05) is 11.1 Å². The number of thiophene rings is 1. The van der Waals surface area contributed by atoms with Crippen LogP contribution < -0.4 is 10.6 Å². The molecule has 5 heteroatoms. The monoisotopic (exact) mass is 330 g/mol. The Morgan fingerprint density at radius 2 is 1.74 bits per heavy atom. The van der Waals surface area contributed by atoms with Crippen LogP contribution in [-0.2, 0) is 4.79 Å². The van der Waals surface area contributed by atoms with Crippen molar-refractivity contribution in [3.05, 3.63) is 46.2 Å². The van der Waals surface area contributed by atoms with Gasteiger partial charge in [0.2, 0.25) is 5.91 Å². The van der Waals surface area contributed by atoms with E-state index in [9.17, 15) is 9.59 Å². The number of carbonyl (C=O) groups is 2. The first kappa shape index (κ1) is 17.2. The van der Waals surface area contributed by atoms with Gasteiger partial charge in [-0.15, -0.1) is 11.3 Å². The molecule has 2 N–H and O–H groups in total. The van der Waals surface area contributed by atoms with Crippen LogP contribution in [0.4, 0.5) is 0 Å². The molecule has 23 heavy (non-hydrogen) atoms. The molecule has 0 atom stereocenters. The minimum absolute atomic E-state index is 0.0264. The third-order valence-corrected chi connectivity index (χ3v) is 4.07. The summed E-state index contributed by atoms with van der Waals surface area (Å²) in [7, 11) is 0. The first-order valence-corrected chi connectivity index (χ1v) is 8.38. The first-order valence-electron chi connectivity index (χ1n) is 7.50.